The summed E-state index contributed by atoms with van der Waals surface area (Å²) in [6.45, 7) is 8.98. The van der Waals surface area contributed by atoms with Gasteiger partial charge in [0.25, 0.3) is 0 Å². The summed E-state index contributed by atoms with van der Waals surface area (Å²) in [5.74, 6) is 0. The molecule has 0 fully saturated rings. The molecule has 0 aliphatic heterocycles. The molecule has 0 bridgehead atoms. The summed E-state index contributed by atoms with van der Waals surface area (Å²) in [5.41, 5.74) is 0. The van der Waals surface area contributed by atoms with Crippen molar-refractivity contribution in [3.63, 3.8) is 0 Å². The summed E-state index contributed by atoms with van der Waals surface area (Å²) in [5, 5.41) is 0. The molecule has 0 spiro atoms. The molecule has 0 amide bonds. The van der Waals surface area contributed by atoms with E-state index in [2.05, 4.69) is 12.7 Å². The quantitative estimate of drug-likeness (QED) is 0.227. The van der Waals surface area contributed by atoms with Gasteiger partial charge in [0.05, 0.1) is 0 Å². The number of allylic oxidation sites excluding steroid dienone is 4. The molecule has 0 saturated carbocycles. The van der Waals surface area contributed by atoms with Crippen LogP contribution in [0, 0.1) is 6.58 Å². The number of hydrogen-bond donors (Lipinski definition) is 0. The second kappa shape index (κ2) is 14.2. The van der Waals surface area contributed by atoms with Gasteiger partial charge in [-0.05, 0) is 25.7 Å². The highest BCUT2D eigenvalue weighted by atomic mass is 14.0. The summed E-state index contributed by atoms with van der Waals surface area (Å²) in [6, 6.07) is 0. The van der Waals surface area contributed by atoms with Crippen molar-refractivity contribution in [2.75, 3.05) is 0 Å². The third kappa shape index (κ3) is 13.2. The smallest absolute Gasteiger partial charge is 0.0348 e. The Bertz CT molecular complexity index is 176. The van der Waals surface area contributed by atoms with Gasteiger partial charge in [0.15, 0.2) is 0 Å². The molecular weight excluding hydrogens is 192 g/mol. The summed E-state index contributed by atoms with van der Waals surface area (Å²) in [7, 11) is 0. The Morgan fingerprint density at radius 1 is 0.750 bits per heavy atom. The van der Waals surface area contributed by atoms with Crippen molar-refractivity contribution in [3.05, 3.63) is 37.5 Å². The standard InChI is InChI=1S/C16H27/c1-3-5-7-9-11-13-15-16-14-12-10-8-6-4-2/h1,3-5,7H,2,6,8-16H2. The molecule has 16 heavy (non-hydrogen) atoms. The van der Waals surface area contributed by atoms with Crippen LogP contribution in [-0.2, 0) is 0 Å². The van der Waals surface area contributed by atoms with Gasteiger partial charge in [-0.2, -0.15) is 0 Å². The largest absolute Gasteiger partial charge is 0.103 e. The molecule has 0 atom stereocenters. The lowest BCUT2D eigenvalue weighted by Gasteiger charge is -2.00. The lowest BCUT2D eigenvalue weighted by Crippen LogP contribution is -1.80. The van der Waals surface area contributed by atoms with E-state index < -0.39 is 0 Å². The molecule has 0 unspecified atom stereocenters. The van der Waals surface area contributed by atoms with Gasteiger partial charge in [0.2, 0.25) is 0 Å². The van der Waals surface area contributed by atoms with E-state index in [1.165, 1.54) is 64.2 Å². The molecule has 91 valence electrons. The fourth-order valence-corrected chi connectivity index (χ4v) is 1.79. The van der Waals surface area contributed by atoms with E-state index in [0.717, 1.165) is 0 Å². The van der Waals surface area contributed by atoms with Crippen molar-refractivity contribution in [1.82, 2.24) is 0 Å². The first-order valence-electron chi connectivity index (χ1n) is 6.72. The van der Waals surface area contributed by atoms with Gasteiger partial charge in [-0.1, -0.05) is 69.4 Å². The molecule has 0 heterocycles. The van der Waals surface area contributed by atoms with E-state index in [1.54, 1.807) is 6.08 Å². The van der Waals surface area contributed by atoms with Crippen LogP contribution in [0.4, 0.5) is 0 Å². The molecule has 0 aromatic carbocycles. The molecule has 0 aromatic heterocycles. The van der Waals surface area contributed by atoms with Crippen LogP contribution in [-0.4, -0.2) is 0 Å². The molecule has 0 aliphatic rings. The van der Waals surface area contributed by atoms with Gasteiger partial charge in [-0.15, -0.1) is 6.58 Å². The zero-order chi connectivity index (χ0) is 11.9. The van der Waals surface area contributed by atoms with Crippen LogP contribution < -0.4 is 0 Å². The van der Waals surface area contributed by atoms with Crippen molar-refractivity contribution in [3.8, 4) is 0 Å². The third-order valence-electron chi connectivity index (χ3n) is 2.78. The zero-order valence-electron chi connectivity index (χ0n) is 10.7. The van der Waals surface area contributed by atoms with Crippen molar-refractivity contribution >= 4 is 0 Å². The normalized spacial score (nSPS) is 10.8. The van der Waals surface area contributed by atoms with E-state index in [0.29, 0.717) is 0 Å². The van der Waals surface area contributed by atoms with Crippen LogP contribution in [0.25, 0.3) is 0 Å². The second-order valence-electron chi connectivity index (χ2n) is 4.32. The van der Waals surface area contributed by atoms with E-state index >= 15 is 0 Å². The number of rotatable bonds is 12. The summed E-state index contributed by atoms with van der Waals surface area (Å²) >= 11 is 0. The van der Waals surface area contributed by atoms with E-state index in [9.17, 15) is 0 Å². The minimum absolute atomic E-state index is 1.17. The van der Waals surface area contributed by atoms with Crippen LogP contribution in [0.1, 0.15) is 64.2 Å². The molecule has 0 aliphatic carbocycles. The number of unbranched alkanes of at least 4 members (excludes halogenated alkanes) is 9. The van der Waals surface area contributed by atoms with Crippen molar-refractivity contribution < 1.29 is 0 Å². The van der Waals surface area contributed by atoms with Crippen LogP contribution in [0.3, 0.4) is 0 Å². The Kier molecular flexibility index (Phi) is 13.5. The highest BCUT2D eigenvalue weighted by Gasteiger charge is 1.91. The fourth-order valence-electron chi connectivity index (χ4n) is 1.79. The molecule has 0 aromatic rings. The van der Waals surface area contributed by atoms with Crippen molar-refractivity contribution in [1.29, 1.82) is 0 Å². The van der Waals surface area contributed by atoms with E-state index in [4.69, 9.17) is 6.58 Å². The fraction of sp³-hybridized carbons (Fsp3) is 0.625. The monoisotopic (exact) mass is 219 g/mol. The molecular formula is C16H27. The van der Waals surface area contributed by atoms with Gasteiger partial charge in [0, 0.05) is 0 Å². The Balaban J connectivity index is 2.95. The number of hydrogen-bond acceptors (Lipinski definition) is 0. The van der Waals surface area contributed by atoms with Crippen LogP contribution in [0.5, 0.6) is 0 Å². The van der Waals surface area contributed by atoms with E-state index in [-0.39, 0.29) is 0 Å². The summed E-state index contributed by atoms with van der Waals surface area (Å²) in [4.78, 5) is 0. The molecule has 1 radical (unpaired) electrons. The molecule has 0 saturated heterocycles. The third-order valence-corrected chi connectivity index (χ3v) is 2.78. The minimum atomic E-state index is 1.17. The Hall–Kier alpha value is -0.780. The average molecular weight is 219 g/mol. The van der Waals surface area contributed by atoms with Gasteiger partial charge >= 0.3 is 0 Å². The Morgan fingerprint density at radius 3 is 1.75 bits per heavy atom. The van der Waals surface area contributed by atoms with Gasteiger partial charge in [0.1, 0.15) is 0 Å². The SMILES string of the molecule is [CH]=CC=CCCCCCCCCCCC=C. The first kappa shape index (κ1) is 15.2. The summed E-state index contributed by atoms with van der Waals surface area (Å²) in [6.07, 6.45) is 21.0. The van der Waals surface area contributed by atoms with Crippen LogP contribution in [0.15, 0.2) is 30.9 Å². The molecule has 0 nitrogen and oxygen atoms in total. The first-order chi connectivity index (χ1) is 7.91. The minimum Gasteiger partial charge on any atom is -0.103 e. The Morgan fingerprint density at radius 2 is 1.25 bits per heavy atom. The topological polar surface area (TPSA) is 0 Å². The van der Waals surface area contributed by atoms with Gasteiger partial charge < -0.3 is 0 Å². The van der Waals surface area contributed by atoms with Crippen LogP contribution in [0.2, 0.25) is 0 Å². The van der Waals surface area contributed by atoms with Crippen molar-refractivity contribution in [2.24, 2.45) is 0 Å². The first-order valence-corrected chi connectivity index (χ1v) is 6.72. The maximum Gasteiger partial charge on any atom is -0.0348 e. The predicted molar refractivity (Wildman–Crippen MR) is 74.4 cm³/mol. The molecule has 0 rings (SSSR count). The predicted octanol–water partition coefficient (Wildman–Crippen LogP) is 5.62. The second-order valence-corrected chi connectivity index (χ2v) is 4.32. The van der Waals surface area contributed by atoms with Crippen LogP contribution >= 0.6 is 0 Å². The zero-order valence-corrected chi connectivity index (χ0v) is 10.7. The highest BCUT2D eigenvalue weighted by molar-refractivity contribution is 4.95. The maximum absolute atomic E-state index is 5.24. The van der Waals surface area contributed by atoms with E-state index in [1.807, 2.05) is 12.2 Å². The van der Waals surface area contributed by atoms with Gasteiger partial charge in [-0.25, -0.2) is 0 Å². The van der Waals surface area contributed by atoms with Crippen molar-refractivity contribution in [2.45, 2.75) is 64.2 Å². The average Bonchev–Trinajstić information content (AvgIpc) is 2.31. The summed E-state index contributed by atoms with van der Waals surface area (Å²) < 4.78 is 0. The van der Waals surface area contributed by atoms with Gasteiger partial charge in [-0.3, -0.25) is 0 Å². The highest BCUT2D eigenvalue weighted by Crippen LogP contribution is 2.10. The lowest BCUT2D eigenvalue weighted by molar-refractivity contribution is 0.571. The Labute approximate surface area is 102 Å². The molecule has 0 N–H and O–H groups in total. The molecule has 0 heteroatoms. The maximum atomic E-state index is 5.24. The lowest BCUT2D eigenvalue weighted by atomic mass is 10.1.